The second-order valence-electron chi connectivity index (χ2n) is 7.23. The Hall–Kier alpha value is -1.59. The number of ketones is 1. The Bertz CT molecular complexity index is 802. The zero-order valence-electron chi connectivity index (χ0n) is 15.3. The molecular weight excluding hydrogens is 294 g/mol. The van der Waals surface area contributed by atoms with Crippen molar-refractivity contribution in [3.8, 4) is 11.5 Å². The van der Waals surface area contributed by atoms with Crippen LogP contribution in [0, 0.1) is 0 Å². The third kappa shape index (κ3) is 1.32. The summed E-state index contributed by atoms with van der Waals surface area (Å²) in [5, 5.41) is 5.47. The zero-order chi connectivity index (χ0) is 17.6. The highest BCUT2D eigenvalue weighted by molar-refractivity contribution is 5.90. The molecule has 5 heteroatoms. The minimum absolute atomic E-state index is 0.0491. The van der Waals surface area contributed by atoms with Gasteiger partial charge >= 0.3 is 0 Å². The van der Waals surface area contributed by atoms with Crippen molar-refractivity contribution in [3.63, 3.8) is 0 Å². The predicted octanol–water partition coefficient (Wildman–Crippen LogP) is 1.05. The van der Waals surface area contributed by atoms with Gasteiger partial charge in [0.25, 0.3) is 0 Å². The highest BCUT2D eigenvalue weighted by Gasteiger charge is 2.72. The van der Waals surface area contributed by atoms with Crippen LogP contribution in [0.1, 0.15) is 31.8 Å². The lowest BCUT2D eigenvalue weighted by molar-refractivity contribution is -0.185. The SMILES string of the molecule is [2H]O[C@@]12CCC(=O)C3([2H])Oc4c(OC)ccc5c4[C@@]31CCN(C)[C@@H]2C5. The number of Topliss-reactive ketones (excluding diaryl/α,β-unsaturated/α-hetero) is 1. The zero-order valence-corrected chi connectivity index (χ0v) is 13.3. The van der Waals surface area contributed by atoms with Gasteiger partial charge in [-0.2, -0.15) is 0 Å². The van der Waals surface area contributed by atoms with Crippen molar-refractivity contribution in [2.45, 2.75) is 48.8 Å². The largest absolute Gasteiger partial charge is 0.493 e. The Balaban J connectivity index is 1.91. The smallest absolute Gasteiger partial charge is 0.211 e. The molecule has 1 saturated heterocycles. The van der Waals surface area contributed by atoms with E-state index in [0.29, 0.717) is 24.3 Å². The molecule has 1 aromatic carbocycles. The first-order valence-corrected chi connectivity index (χ1v) is 8.22. The summed E-state index contributed by atoms with van der Waals surface area (Å²) in [6.07, 6.45) is 0.168. The van der Waals surface area contributed by atoms with Gasteiger partial charge in [0.05, 0.1) is 19.5 Å². The number of likely N-dealkylation sites (N-methyl/N-ethyl adjacent to an activating group) is 1. The van der Waals surface area contributed by atoms with Crippen LogP contribution in [0.25, 0.3) is 0 Å². The van der Waals surface area contributed by atoms with Gasteiger partial charge in [-0.3, -0.25) is 4.79 Å². The third-order valence-corrected chi connectivity index (χ3v) is 6.47. The van der Waals surface area contributed by atoms with E-state index in [9.17, 15) is 4.79 Å². The molecule has 1 aromatic rings. The molecule has 0 amide bonds. The molecule has 0 radical (unpaired) electrons. The Kier molecular flexibility index (Phi) is 2.11. The summed E-state index contributed by atoms with van der Waals surface area (Å²) in [7, 11) is 3.60. The second kappa shape index (κ2) is 4.08. The quantitative estimate of drug-likeness (QED) is 0.883. The normalized spacial score (nSPS) is 45.0. The molecule has 2 heterocycles. The fraction of sp³-hybridized carbons (Fsp3) is 0.611. The molecule has 4 aliphatic rings. The monoisotopic (exact) mass is 317 g/mol. The van der Waals surface area contributed by atoms with Crippen LogP contribution in [0.3, 0.4) is 0 Å². The van der Waals surface area contributed by atoms with E-state index in [-0.39, 0.29) is 18.2 Å². The first kappa shape index (κ1) is 11.9. The molecule has 2 bridgehead atoms. The Morgan fingerprint density at radius 3 is 3.17 bits per heavy atom. The number of rotatable bonds is 2. The molecular formula is C18H21NO4. The minimum Gasteiger partial charge on any atom is -0.493 e. The van der Waals surface area contributed by atoms with Gasteiger partial charge in [-0.1, -0.05) is 6.07 Å². The van der Waals surface area contributed by atoms with Crippen molar-refractivity contribution >= 4 is 5.78 Å². The van der Waals surface area contributed by atoms with E-state index in [1.165, 1.54) is 0 Å². The maximum atomic E-state index is 12.9. The lowest BCUT2D eigenvalue weighted by Gasteiger charge is -2.62. The molecule has 1 unspecified atom stereocenters. The summed E-state index contributed by atoms with van der Waals surface area (Å²) < 4.78 is 28.6. The topological polar surface area (TPSA) is 59.0 Å². The van der Waals surface area contributed by atoms with Crippen molar-refractivity contribution in [2.75, 3.05) is 20.7 Å². The van der Waals surface area contributed by atoms with Crippen LogP contribution in [0.5, 0.6) is 11.5 Å². The summed E-state index contributed by atoms with van der Waals surface area (Å²) in [5.41, 5.74) is 0.0711. The Morgan fingerprint density at radius 2 is 2.39 bits per heavy atom. The number of methoxy groups -OCH3 is 1. The lowest BCUT2D eigenvalue weighted by Crippen LogP contribution is -2.76. The molecule has 0 aromatic heterocycles. The van der Waals surface area contributed by atoms with Gasteiger partial charge in [0.1, 0.15) is 0 Å². The van der Waals surface area contributed by atoms with Crippen LogP contribution < -0.4 is 9.47 Å². The van der Waals surface area contributed by atoms with Crippen molar-refractivity contribution in [1.29, 1.82) is 1.43 Å². The summed E-state index contributed by atoms with van der Waals surface area (Å²) >= 11 is 0. The lowest BCUT2D eigenvalue weighted by atomic mass is 9.49. The van der Waals surface area contributed by atoms with E-state index >= 15 is 0 Å². The van der Waals surface area contributed by atoms with Crippen LogP contribution >= 0.6 is 0 Å². The van der Waals surface area contributed by atoms with Gasteiger partial charge in [0.15, 0.2) is 23.4 Å². The molecule has 1 spiro atoms. The second-order valence-corrected chi connectivity index (χ2v) is 7.23. The molecule has 2 fully saturated rings. The molecule has 1 N–H and O–H groups in total. The number of piperidine rings is 1. The van der Waals surface area contributed by atoms with E-state index in [4.69, 9.17) is 17.4 Å². The van der Waals surface area contributed by atoms with E-state index < -0.39 is 17.1 Å². The van der Waals surface area contributed by atoms with E-state index in [0.717, 1.165) is 24.1 Å². The molecule has 2 aliphatic heterocycles. The first-order valence-electron chi connectivity index (χ1n) is 9.13. The highest BCUT2D eigenvalue weighted by atomic mass is 16.5. The van der Waals surface area contributed by atoms with Gasteiger partial charge in [-0.15, -0.1) is 0 Å². The molecule has 122 valence electrons. The molecule has 2 aliphatic carbocycles. The average Bonchev–Trinajstić information content (AvgIpc) is 2.89. The summed E-state index contributed by atoms with van der Waals surface area (Å²) in [4.78, 5) is 15.1. The summed E-state index contributed by atoms with van der Waals surface area (Å²) in [5.74, 6) is 0.808. The molecule has 4 atom stereocenters. The van der Waals surface area contributed by atoms with Crippen LogP contribution in [-0.4, -0.2) is 55.6 Å². The van der Waals surface area contributed by atoms with Gasteiger partial charge in [-0.25, -0.2) is 0 Å². The van der Waals surface area contributed by atoms with Crippen LogP contribution in [0.4, 0.5) is 0 Å². The maximum Gasteiger partial charge on any atom is 0.211 e. The van der Waals surface area contributed by atoms with Crippen molar-refractivity contribution < 1.29 is 20.7 Å². The Morgan fingerprint density at radius 1 is 1.52 bits per heavy atom. The average molecular weight is 317 g/mol. The van der Waals surface area contributed by atoms with Gasteiger partial charge < -0.3 is 19.5 Å². The van der Waals surface area contributed by atoms with Crippen molar-refractivity contribution in [2.24, 2.45) is 0 Å². The molecule has 5 nitrogen and oxygen atoms in total. The summed E-state index contributed by atoms with van der Waals surface area (Å²) in [6.45, 7) is 0.739. The van der Waals surface area contributed by atoms with Crippen molar-refractivity contribution in [1.82, 2.24) is 4.90 Å². The number of hydrogen-bond donors (Lipinski definition) is 1. The standard InChI is InChI=1S/C18H21NO4/c1-19-8-7-17-14-10-3-4-12(22-2)15(14)23-16(17)11(20)5-6-18(17,21)13(19)9-10/h3-4,13,16,21H,5-9H2,1-2H3/t13-,16?,17+,18-/m1/s1/i16D,21D. The number of nitrogens with zero attached hydrogens (tertiary/aromatic N) is 1. The van der Waals surface area contributed by atoms with Gasteiger partial charge in [-0.05, 0) is 44.5 Å². The number of likely N-dealkylation sites (tertiary alicyclic amines) is 1. The van der Waals surface area contributed by atoms with Crippen molar-refractivity contribution in [3.05, 3.63) is 23.3 Å². The van der Waals surface area contributed by atoms with Gasteiger partial charge in [0, 0.05) is 18.0 Å². The fourth-order valence-corrected chi connectivity index (χ4v) is 5.42. The number of hydrogen-bond acceptors (Lipinski definition) is 5. The minimum atomic E-state index is -1.75. The molecule has 1 saturated carbocycles. The first-order chi connectivity index (χ1) is 11.9. The third-order valence-electron chi connectivity index (χ3n) is 6.47. The maximum absolute atomic E-state index is 12.9. The number of carbonyl (C=O) groups is 1. The predicted molar refractivity (Wildman–Crippen MR) is 83.0 cm³/mol. The number of ether oxygens (including phenoxy) is 2. The number of aliphatic hydroxyl groups is 1. The van der Waals surface area contributed by atoms with Crippen LogP contribution in [0.2, 0.25) is 0 Å². The van der Waals surface area contributed by atoms with Crippen LogP contribution in [0.15, 0.2) is 12.1 Å². The van der Waals surface area contributed by atoms with Gasteiger partial charge in [0.2, 0.25) is 1.43 Å². The molecule has 23 heavy (non-hydrogen) atoms. The number of carbonyl (C=O) groups excluding carboxylic acids is 1. The van der Waals surface area contributed by atoms with E-state index in [1.807, 2.05) is 19.2 Å². The van der Waals surface area contributed by atoms with E-state index in [2.05, 4.69) is 4.90 Å². The Labute approximate surface area is 138 Å². The molecule has 5 rings (SSSR count). The summed E-state index contributed by atoms with van der Waals surface area (Å²) in [6, 6.07) is 3.81. The highest BCUT2D eigenvalue weighted by Crippen LogP contribution is 2.64. The van der Waals surface area contributed by atoms with Crippen LogP contribution in [-0.2, 0) is 16.6 Å². The van der Waals surface area contributed by atoms with E-state index in [1.54, 1.807) is 7.11 Å². The number of benzene rings is 1. The fourth-order valence-electron chi connectivity index (χ4n) is 5.42.